The molecule has 0 saturated carbocycles. The largest absolute Gasteiger partial charge is 0.348 e. The van der Waals surface area contributed by atoms with Crippen molar-refractivity contribution < 1.29 is 9.59 Å². The van der Waals surface area contributed by atoms with Crippen molar-refractivity contribution in [2.75, 3.05) is 17.2 Å². The van der Waals surface area contributed by atoms with Crippen molar-refractivity contribution in [2.45, 2.75) is 24.3 Å². The van der Waals surface area contributed by atoms with Crippen molar-refractivity contribution in [2.24, 2.45) is 0 Å². The molecule has 0 bridgehead atoms. The first-order valence-electron chi connectivity index (χ1n) is 7.58. The van der Waals surface area contributed by atoms with E-state index in [9.17, 15) is 9.59 Å². The van der Waals surface area contributed by atoms with Crippen molar-refractivity contribution >= 4 is 52.2 Å². The lowest BCUT2D eigenvalue weighted by molar-refractivity contribution is -0.121. The number of hydrogen-bond acceptors (Lipinski definition) is 4. The normalized spacial score (nSPS) is 14.8. The van der Waals surface area contributed by atoms with Gasteiger partial charge in [0.05, 0.1) is 18.2 Å². The second kappa shape index (κ2) is 7.59. The standard InChI is InChI=1S/C17H17ClN2O2S2/c1-11(21)19-13(15-3-2-7-23-15)10-17(22)20-6-8-24-16-5-4-12(18)9-14(16)20/h2-5,7,9,13H,6,8,10H2,1H3,(H,19,21)/t13-/m0/s1. The smallest absolute Gasteiger partial charge is 0.229 e. The van der Waals surface area contributed by atoms with Crippen molar-refractivity contribution in [3.05, 3.63) is 45.6 Å². The molecule has 3 rings (SSSR count). The highest BCUT2D eigenvalue weighted by Gasteiger charge is 2.26. The number of thioether (sulfide) groups is 1. The maximum atomic E-state index is 12.9. The highest BCUT2D eigenvalue weighted by Crippen LogP contribution is 2.37. The number of halogens is 1. The lowest BCUT2D eigenvalue weighted by Crippen LogP contribution is -2.38. The molecule has 1 aliphatic rings. The van der Waals surface area contributed by atoms with Crippen LogP contribution < -0.4 is 10.2 Å². The fraction of sp³-hybridized carbons (Fsp3) is 0.294. The van der Waals surface area contributed by atoms with E-state index in [1.54, 1.807) is 16.7 Å². The van der Waals surface area contributed by atoms with Crippen LogP contribution in [0.2, 0.25) is 5.02 Å². The van der Waals surface area contributed by atoms with Crippen molar-refractivity contribution in [3.63, 3.8) is 0 Å². The maximum Gasteiger partial charge on any atom is 0.229 e. The highest BCUT2D eigenvalue weighted by molar-refractivity contribution is 7.99. The fourth-order valence-electron chi connectivity index (χ4n) is 2.69. The zero-order valence-electron chi connectivity index (χ0n) is 13.1. The Labute approximate surface area is 154 Å². The van der Waals surface area contributed by atoms with Crippen LogP contribution in [0.5, 0.6) is 0 Å². The van der Waals surface area contributed by atoms with Crippen molar-refractivity contribution in [1.82, 2.24) is 5.32 Å². The highest BCUT2D eigenvalue weighted by atomic mass is 35.5. The van der Waals surface area contributed by atoms with Gasteiger partial charge in [-0.05, 0) is 29.6 Å². The first kappa shape index (κ1) is 17.3. The summed E-state index contributed by atoms with van der Waals surface area (Å²) < 4.78 is 0. The van der Waals surface area contributed by atoms with Crippen molar-refractivity contribution in [3.8, 4) is 0 Å². The number of benzene rings is 1. The van der Waals surface area contributed by atoms with Crippen LogP contribution in [0.1, 0.15) is 24.3 Å². The molecule has 1 atom stereocenters. The van der Waals surface area contributed by atoms with Gasteiger partial charge in [-0.2, -0.15) is 0 Å². The van der Waals surface area contributed by atoms with E-state index in [-0.39, 0.29) is 24.3 Å². The summed E-state index contributed by atoms with van der Waals surface area (Å²) in [5, 5.41) is 5.44. The molecular weight excluding hydrogens is 364 g/mol. The summed E-state index contributed by atoms with van der Waals surface area (Å²) >= 11 is 9.36. The number of thiophene rings is 1. The number of carbonyl (C=O) groups is 2. The molecule has 0 unspecified atom stereocenters. The summed E-state index contributed by atoms with van der Waals surface area (Å²) in [5.74, 6) is 0.703. The summed E-state index contributed by atoms with van der Waals surface area (Å²) in [4.78, 5) is 28.2. The van der Waals surface area contributed by atoms with E-state index in [2.05, 4.69) is 5.32 Å². The van der Waals surface area contributed by atoms with Crippen LogP contribution in [0.4, 0.5) is 5.69 Å². The molecule has 1 aliphatic heterocycles. The molecule has 2 heterocycles. The van der Waals surface area contributed by atoms with Gasteiger partial charge in [-0.3, -0.25) is 9.59 Å². The Morgan fingerprint density at radius 3 is 2.92 bits per heavy atom. The Kier molecular flexibility index (Phi) is 5.48. The summed E-state index contributed by atoms with van der Waals surface area (Å²) in [6.07, 6.45) is 0.233. The number of nitrogens with zero attached hydrogens (tertiary/aromatic N) is 1. The van der Waals surface area contributed by atoms with E-state index in [1.807, 2.05) is 35.7 Å². The summed E-state index contributed by atoms with van der Waals surface area (Å²) in [7, 11) is 0. The number of carbonyl (C=O) groups excluding carboxylic acids is 2. The van der Waals surface area contributed by atoms with E-state index in [0.29, 0.717) is 11.6 Å². The molecule has 0 saturated heterocycles. The number of anilines is 1. The molecule has 2 amide bonds. The molecular formula is C17H17ClN2O2S2. The third-order valence-electron chi connectivity index (χ3n) is 3.73. The molecule has 1 aromatic heterocycles. The molecule has 24 heavy (non-hydrogen) atoms. The van der Waals surface area contributed by atoms with Gasteiger partial charge < -0.3 is 10.2 Å². The first-order chi connectivity index (χ1) is 11.5. The van der Waals surface area contributed by atoms with Gasteiger partial charge >= 0.3 is 0 Å². The Morgan fingerprint density at radius 2 is 2.21 bits per heavy atom. The lowest BCUT2D eigenvalue weighted by atomic mass is 10.1. The van der Waals surface area contributed by atoms with E-state index in [4.69, 9.17) is 11.6 Å². The predicted octanol–water partition coefficient (Wildman–Crippen LogP) is 4.11. The number of fused-ring (bicyclic) bond motifs is 1. The van der Waals surface area contributed by atoms with Crippen LogP contribution in [-0.2, 0) is 9.59 Å². The molecule has 126 valence electrons. The molecule has 0 aliphatic carbocycles. The predicted molar refractivity (Wildman–Crippen MR) is 100 cm³/mol. The van der Waals surface area contributed by atoms with E-state index in [1.165, 1.54) is 18.3 Å². The summed E-state index contributed by atoms with van der Waals surface area (Å²) in [6, 6.07) is 9.19. The minimum Gasteiger partial charge on any atom is -0.348 e. The van der Waals surface area contributed by atoms with Gasteiger partial charge in [0, 0.05) is 34.0 Å². The van der Waals surface area contributed by atoms with Gasteiger partial charge in [0.2, 0.25) is 11.8 Å². The van der Waals surface area contributed by atoms with Crippen LogP contribution in [0, 0.1) is 0 Å². The molecule has 0 radical (unpaired) electrons. The van der Waals surface area contributed by atoms with Gasteiger partial charge in [-0.1, -0.05) is 17.7 Å². The molecule has 0 fully saturated rings. The van der Waals surface area contributed by atoms with Gasteiger partial charge in [0.25, 0.3) is 0 Å². The first-order valence-corrected chi connectivity index (χ1v) is 9.82. The Hall–Kier alpha value is -1.50. The fourth-order valence-corrected chi connectivity index (χ4v) is 4.61. The molecule has 4 nitrogen and oxygen atoms in total. The monoisotopic (exact) mass is 380 g/mol. The van der Waals surface area contributed by atoms with Gasteiger partial charge in [0.1, 0.15) is 0 Å². The van der Waals surface area contributed by atoms with Crippen LogP contribution in [-0.4, -0.2) is 24.1 Å². The zero-order chi connectivity index (χ0) is 17.1. The van der Waals surface area contributed by atoms with Gasteiger partial charge in [0.15, 0.2) is 0 Å². The minimum absolute atomic E-state index is 0.00836. The maximum absolute atomic E-state index is 12.9. The van der Waals surface area contributed by atoms with Crippen LogP contribution in [0.25, 0.3) is 0 Å². The Morgan fingerprint density at radius 1 is 1.38 bits per heavy atom. The molecule has 1 aromatic carbocycles. The second-order valence-corrected chi connectivity index (χ2v) is 8.03. The quantitative estimate of drug-likeness (QED) is 0.868. The third kappa shape index (κ3) is 3.94. The van der Waals surface area contributed by atoms with E-state index in [0.717, 1.165) is 21.2 Å². The van der Waals surface area contributed by atoms with Gasteiger partial charge in [-0.15, -0.1) is 23.1 Å². The molecule has 1 N–H and O–H groups in total. The lowest BCUT2D eigenvalue weighted by Gasteiger charge is -2.30. The van der Waals surface area contributed by atoms with Crippen LogP contribution >= 0.6 is 34.7 Å². The van der Waals surface area contributed by atoms with E-state index >= 15 is 0 Å². The zero-order valence-corrected chi connectivity index (χ0v) is 15.5. The van der Waals surface area contributed by atoms with Crippen LogP contribution in [0.3, 0.4) is 0 Å². The number of rotatable bonds is 4. The van der Waals surface area contributed by atoms with E-state index < -0.39 is 0 Å². The molecule has 0 spiro atoms. The number of amides is 2. The SMILES string of the molecule is CC(=O)N[C@@H](CC(=O)N1CCSc2ccc(Cl)cc21)c1cccs1. The third-order valence-corrected chi connectivity index (χ3v) is 5.99. The molecule has 7 heteroatoms. The summed E-state index contributed by atoms with van der Waals surface area (Å²) in [5.41, 5.74) is 0.858. The Bertz CT molecular complexity index is 749. The average Bonchev–Trinajstić information content (AvgIpc) is 3.07. The topological polar surface area (TPSA) is 49.4 Å². The van der Waals surface area contributed by atoms with Crippen LogP contribution in [0.15, 0.2) is 40.6 Å². The average molecular weight is 381 g/mol. The number of hydrogen-bond donors (Lipinski definition) is 1. The minimum atomic E-state index is -0.299. The molecule has 2 aromatic rings. The van der Waals surface area contributed by atoms with Gasteiger partial charge in [-0.25, -0.2) is 0 Å². The second-order valence-electron chi connectivity index (χ2n) is 5.48. The Balaban J connectivity index is 1.81. The van der Waals surface area contributed by atoms with Crippen molar-refractivity contribution in [1.29, 1.82) is 0 Å². The summed E-state index contributed by atoms with van der Waals surface area (Å²) in [6.45, 7) is 2.12. The number of nitrogens with one attached hydrogen (secondary N) is 1.